The van der Waals surface area contributed by atoms with Crippen LogP contribution >= 0.6 is 0 Å². The summed E-state index contributed by atoms with van der Waals surface area (Å²) in [6.07, 6.45) is 4.60. The third-order valence-corrected chi connectivity index (χ3v) is 4.81. The van der Waals surface area contributed by atoms with E-state index in [4.69, 9.17) is 4.74 Å². The summed E-state index contributed by atoms with van der Waals surface area (Å²) in [7, 11) is 0. The molecule has 0 atom stereocenters. The van der Waals surface area contributed by atoms with E-state index in [1.54, 1.807) is 13.0 Å². The highest BCUT2D eigenvalue weighted by molar-refractivity contribution is 5.94. The van der Waals surface area contributed by atoms with Gasteiger partial charge in [-0.15, -0.1) is 0 Å². The molecule has 1 aliphatic carbocycles. The average molecular weight is 344 g/mol. The smallest absolute Gasteiger partial charge is 0.356 e. The van der Waals surface area contributed by atoms with Gasteiger partial charge < -0.3 is 10.1 Å². The molecule has 0 spiro atoms. The first-order valence-corrected chi connectivity index (χ1v) is 9.06. The van der Waals surface area contributed by atoms with Gasteiger partial charge >= 0.3 is 5.97 Å². The van der Waals surface area contributed by atoms with Crippen molar-refractivity contribution in [3.63, 3.8) is 0 Å². The minimum absolute atomic E-state index is 0.236. The lowest BCUT2D eigenvalue weighted by molar-refractivity contribution is 0.0498. The molecule has 1 N–H and O–H groups in total. The first kappa shape index (κ1) is 17.8. The number of benzene rings is 1. The summed E-state index contributed by atoms with van der Waals surface area (Å²) in [5, 5.41) is 4.89. The van der Waals surface area contributed by atoms with Crippen LogP contribution in [-0.2, 0) is 11.3 Å². The van der Waals surface area contributed by atoms with E-state index in [9.17, 15) is 9.18 Å². The Bertz CT molecular complexity index is 772. The Labute approximate surface area is 147 Å². The van der Waals surface area contributed by atoms with Gasteiger partial charge in [0.05, 0.1) is 6.61 Å². The predicted octanol–water partition coefficient (Wildman–Crippen LogP) is 4.14. The van der Waals surface area contributed by atoms with Crippen molar-refractivity contribution in [1.82, 2.24) is 10.3 Å². The molecule has 0 amide bonds. The third-order valence-electron chi connectivity index (χ3n) is 4.81. The van der Waals surface area contributed by atoms with E-state index < -0.39 is 5.97 Å². The second-order valence-electron chi connectivity index (χ2n) is 6.82. The number of aryl methyl sites for hydroxylation is 1. The van der Waals surface area contributed by atoms with E-state index in [0.717, 1.165) is 29.7 Å². The normalized spacial score (nSPS) is 14.5. The molecule has 1 heterocycles. The number of nitrogens with one attached hydrogen (secondary N) is 1. The number of halogens is 1. The molecular formula is C20H25FN2O2. The van der Waals surface area contributed by atoms with E-state index >= 15 is 0 Å². The fraction of sp³-hybridized carbons (Fsp3) is 0.500. The molecule has 1 aliphatic rings. The van der Waals surface area contributed by atoms with Crippen LogP contribution in [0.2, 0.25) is 0 Å². The molecule has 0 bridgehead atoms. The fourth-order valence-corrected chi connectivity index (χ4v) is 3.11. The Morgan fingerprint density at radius 2 is 2.16 bits per heavy atom. The Hall–Kier alpha value is -2.01. The lowest BCUT2D eigenvalue weighted by Gasteiger charge is -2.25. The van der Waals surface area contributed by atoms with Crippen molar-refractivity contribution >= 4 is 16.7 Å². The summed E-state index contributed by atoms with van der Waals surface area (Å²) >= 11 is 0. The molecule has 0 unspecified atom stereocenters. The Morgan fingerprint density at radius 3 is 2.84 bits per heavy atom. The fourth-order valence-electron chi connectivity index (χ4n) is 3.11. The van der Waals surface area contributed by atoms with E-state index in [2.05, 4.69) is 10.3 Å². The molecule has 0 radical (unpaired) electrons. The Balaban J connectivity index is 1.81. The van der Waals surface area contributed by atoms with Crippen molar-refractivity contribution in [3.8, 4) is 0 Å². The molecule has 1 saturated carbocycles. The minimum atomic E-state index is -0.430. The number of ether oxygens (including phenoxy) is 1. The first-order valence-electron chi connectivity index (χ1n) is 9.06. The maximum Gasteiger partial charge on any atom is 0.356 e. The van der Waals surface area contributed by atoms with Gasteiger partial charge in [0.25, 0.3) is 0 Å². The zero-order valence-electron chi connectivity index (χ0n) is 14.9. The van der Waals surface area contributed by atoms with E-state index in [1.165, 1.54) is 25.3 Å². The van der Waals surface area contributed by atoms with Gasteiger partial charge in [-0.2, -0.15) is 0 Å². The molecule has 134 valence electrons. The van der Waals surface area contributed by atoms with Crippen LogP contribution in [-0.4, -0.2) is 24.1 Å². The Kier molecular flexibility index (Phi) is 5.63. The number of fused-ring (bicyclic) bond motifs is 1. The quantitative estimate of drug-likeness (QED) is 0.767. The Morgan fingerprint density at radius 1 is 1.36 bits per heavy atom. The summed E-state index contributed by atoms with van der Waals surface area (Å²) in [5.74, 6) is 0.0653. The molecule has 1 fully saturated rings. The number of nitrogens with zero attached hydrogens (tertiary/aromatic N) is 1. The molecule has 0 saturated heterocycles. The van der Waals surface area contributed by atoms with Crippen LogP contribution in [0.1, 0.15) is 54.4 Å². The first-order chi connectivity index (χ1) is 12.1. The maximum atomic E-state index is 14.4. The van der Waals surface area contributed by atoms with Crippen molar-refractivity contribution < 1.29 is 13.9 Å². The van der Waals surface area contributed by atoms with Gasteiger partial charge in [-0.1, -0.05) is 13.3 Å². The minimum Gasteiger partial charge on any atom is -0.461 e. The van der Waals surface area contributed by atoms with Crippen molar-refractivity contribution in [2.45, 2.75) is 46.1 Å². The monoisotopic (exact) mass is 344 g/mol. The number of hydrogen-bond acceptors (Lipinski definition) is 4. The predicted molar refractivity (Wildman–Crippen MR) is 96.1 cm³/mol. The van der Waals surface area contributed by atoms with E-state index in [1.807, 2.05) is 13.0 Å². The molecule has 4 nitrogen and oxygen atoms in total. The van der Waals surface area contributed by atoms with Gasteiger partial charge in [0.1, 0.15) is 11.5 Å². The van der Waals surface area contributed by atoms with E-state index in [-0.39, 0.29) is 11.5 Å². The van der Waals surface area contributed by atoms with Gasteiger partial charge in [-0.3, -0.25) is 0 Å². The third kappa shape index (κ3) is 4.15. The highest BCUT2D eigenvalue weighted by atomic mass is 19.1. The summed E-state index contributed by atoms with van der Waals surface area (Å²) < 4.78 is 19.5. The van der Waals surface area contributed by atoms with E-state index in [0.29, 0.717) is 24.4 Å². The lowest BCUT2D eigenvalue weighted by atomic mass is 9.85. The summed E-state index contributed by atoms with van der Waals surface area (Å²) in [5.41, 5.74) is 1.53. The largest absolute Gasteiger partial charge is 0.461 e. The number of pyridine rings is 1. The highest BCUT2D eigenvalue weighted by Crippen LogP contribution is 2.26. The van der Waals surface area contributed by atoms with Crippen LogP contribution in [0.25, 0.3) is 10.8 Å². The lowest BCUT2D eigenvalue weighted by Crippen LogP contribution is -2.27. The number of carbonyl (C=O) groups excluding carboxylic acids is 1. The molecular weight excluding hydrogens is 319 g/mol. The van der Waals surface area contributed by atoms with Crippen molar-refractivity contribution in [2.75, 3.05) is 13.2 Å². The maximum absolute atomic E-state index is 14.4. The van der Waals surface area contributed by atoms with Crippen molar-refractivity contribution in [3.05, 3.63) is 41.0 Å². The standard InChI is InChI=1S/C20H25FN2O2/c1-3-7-25-20(24)19-9-15-8-16(12-22-11-14-5-4-6-14)18(21)10-17(15)13(2)23-19/h8-10,14,22H,3-7,11-12H2,1-2H3. The molecule has 5 heteroatoms. The molecule has 0 aliphatic heterocycles. The van der Waals surface area contributed by atoms with Crippen LogP contribution in [0.4, 0.5) is 4.39 Å². The number of esters is 1. The van der Waals surface area contributed by atoms with Crippen LogP contribution in [0.3, 0.4) is 0 Å². The topological polar surface area (TPSA) is 51.2 Å². The highest BCUT2D eigenvalue weighted by Gasteiger charge is 2.17. The SMILES string of the molecule is CCCOC(=O)c1cc2cc(CNCC3CCC3)c(F)cc2c(C)n1. The molecule has 3 rings (SSSR count). The molecule has 2 aromatic rings. The van der Waals surface area contributed by atoms with Gasteiger partial charge in [0.2, 0.25) is 0 Å². The number of carbonyl (C=O) groups is 1. The zero-order chi connectivity index (χ0) is 17.8. The number of aromatic nitrogens is 1. The van der Waals surface area contributed by atoms with Crippen LogP contribution in [0, 0.1) is 18.7 Å². The summed E-state index contributed by atoms with van der Waals surface area (Å²) in [4.78, 5) is 16.3. The summed E-state index contributed by atoms with van der Waals surface area (Å²) in [6, 6.07) is 5.01. The average Bonchev–Trinajstić information content (AvgIpc) is 2.55. The van der Waals surface area contributed by atoms with Gasteiger partial charge in [0.15, 0.2) is 0 Å². The van der Waals surface area contributed by atoms with Crippen LogP contribution in [0.5, 0.6) is 0 Å². The van der Waals surface area contributed by atoms with Gasteiger partial charge in [0, 0.05) is 23.2 Å². The van der Waals surface area contributed by atoms with Crippen molar-refractivity contribution in [2.24, 2.45) is 5.92 Å². The van der Waals surface area contributed by atoms with Gasteiger partial charge in [-0.05, 0) is 62.2 Å². The van der Waals surface area contributed by atoms with Crippen LogP contribution < -0.4 is 5.32 Å². The number of rotatable bonds is 7. The summed E-state index contributed by atoms with van der Waals surface area (Å²) in [6.45, 7) is 5.53. The second kappa shape index (κ2) is 7.91. The molecule has 25 heavy (non-hydrogen) atoms. The van der Waals surface area contributed by atoms with Crippen molar-refractivity contribution in [1.29, 1.82) is 0 Å². The van der Waals surface area contributed by atoms with Crippen LogP contribution in [0.15, 0.2) is 18.2 Å². The second-order valence-corrected chi connectivity index (χ2v) is 6.82. The van der Waals surface area contributed by atoms with Gasteiger partial charge in [-0.25, -0.2) is 14.2 Å². The number of hydrogen-bond donors (Lipinski definition) is 1. The molecule has 1 aromatic heterocycles. The molecule has 1 aromatic carbocycles. The zero-order valence-corrected chi connectivity index (χ0v) is 14.9.